The van der Waals surface area contributed by atoms with E-state index < -0.39 is 0 Å². The summed E-state index contributed by atoms with van der Waals surface area (Å²) in [5, 5.41) is 0. The van der Waals surface area contributed by atoms with Crippen molar-refractivity contribution in [3.63, 3.8) is 0 Å². The highest BCUT2D eigenvalue weighted by Crippen LogP contribution is 2.13. The Balaban J connectivity index is 3.23. The maximum Gasteiger partial charge on any atom is 0.222 e. The van der Waals surface area contributed by atoms with Gasteiger partial charge in [-0.15, -0.1) is 0 Å². The van der Waals surface area contributed by atoms with Crippen molar-refractivity contribution in [3.8, 4) is 0 Å². The molecule has 1 aromatic carbocycles. The molecular formula is C8H4I2O2. The number of rotatable bonds is 2. The molecule has 0 aromatic heterocycles. The van der Waals surface area contributed by atoms with Gasteiger partial charge in [-0.1, -0.05) is 0 Å². The third-order valence-corrected chi connectivity index (χ3v) is 2.53. The van der Waals surface area contributed by atoms with Crippen LogP contribution in [0.15, 0.2) is 18.2 Å². The molecule has 1 rings (SSSR count). The Labute approximate surface area is 97.0 Å². The van der Waals surface area contributed by atoms with Gasteiger partial charge in [0.05, 0.1) is 0 Å². The molecule has 0 amide bonds. The molecule has 0 aliphatic carbocycles. The van der Waals surface area contributed by atoms with Crippen molar-refractivity contribution in [1.29, 1.82) is 0 Å². The summed E-state index contributed by atoms with van der Waals surface area (Å²) in [6.45, 7) is 0. The van der Waals surface area contributed by atoms with Crippen LogP contribution in [0.4, 0.5) is 0 Å². The largest absolute Gasteiger partial charge is 0.298 e. The number of carbonyl (C=O) groups is 2. The monoisotopic (exact) mass is 386 g/mol. The SMILES string of the molecule is O=Cc1cc(I)cc(C(=O)I)c1. The Hall–Kier alpha value is 0.0200. The van der Waals surface area contributed by atoms with E-state index in [0.717, 1.165) is 9.86 Å². The maximum atomic E-state index is 10.9. The fourth-order valence-corrected chi connectivity index (χ4v) is 1.80. The number of benzene rings is 1. The van der Waals surface area contributed by atoms with Gasteiger partial charge in [0.1, 0.15) is 6.29 Å². The zero-order valence-electron chi connectivity index (χ0n) is 5.88. The minimum absolute atomic E-state index is 0.0470. The molecule has 0 spiro atoms. The molecule has 62 valence electrons. The molecule has 0 bridgehead atoms. The van der Waals surface area contributed by atoms with E-state index in [-0.39, 0.29) is 3.79 Å². The number of carbonyl (C=O) groups excluding carboxylic acids is 2. The van der Waals surface area contributed by atoms with Gasteiger partial charge in [0, 0.05) is 37.3 Å². The molecule has 0 heterocycles. The van der Waals surface area contributed by atoms with Gasteiger partial charge in [-0.05, 0) is 40.8 Å². The second-order valence-corrected chi connectivity index (χ2v) is 4.39. The van der Waals surface area contributed by atoms with E-state index in [1.807, 2.05) is 0 Å². The van der Waals surface area contributed by atoms with E-state index in [4.69, 9.17) is 0 Å². The predicted octanol–water partition coefficient (Wildman–Crippen LogP) is 2.68. The third kappa shape index (κ3) is 2.51. The van der Waals surface area contributed by atoms with Crippen LogP contribution in [0.2, 0.25) is 0 Å². The molecule has 0 N–H and O–H groups in total. The Morgan fingerprint density at radius 1 is 1.33 bits per heavy atom. The minimum Gasteiger partial charge on any atom is -0.298 e. The summed E-state index contributed by atoms with van der Waals surface area (Å²) in [5.74, 6) is 0. The van der Waals surface area contributed by atoms with Crippen molar-refractivity contribution in [2.45, 2.75) is 0 Å². The number of aldehydes is 1. The van der Waals surface area contributed by atoms with Crippen molar-refractivity contribution < 1.29 is 9.59 Å². The lowest BCUT2D eigenvalue weighted by molar-refractivity contribution is 0.110. The first kappa shape index (κ1) is 10.1. The molecule has 0 saturated heterocycles. The molecule has 12 heavy (non-hydrogen) atoms. The lowest BCUT2D eigenvalue weighted by Gasteiger charge is -1.97. The minimum atomic E-state index is -0.0470. The normalized spacial score (nSPS) is 9.50. The van der Waals surface area contributed by atoms with Crippen LogP contribution in [0, 0.1) is 3.57 Å². The topological polar surface area (TPSA) is 34.1 Å². The van der Waals surface area contributed by atoms with Crippen LogP contribution in [-0.4, -0.2) is 10.1 Å². The highest BCUT2D eigenvalue weighted by Gasteiger charge is 2.03. The number of hydrogen-bond donors (Lipinski definition) is 0. The maximum absolute atomic E-state index is 10.9. The summed E-state index contributed by atoms with van der Waals surface area (Å²) in [6, 6.07) is 5.07. The lowest BCUT2D eigenvalue weighted by atomic mass is 10.1. The average molecular weight is 386 g/mol. The lowest BCUT2D eigenvalue weighted by Crippen LogP contribution is -1.91. The zero-order chi connectivity index (χ0) is 9.14. The van der Waals surface area contributed by atoms with Gasteiger partial charge in [-0.2, -0.15) is 0 Å². The molecule has 0 aliphatic rings. The van der Waals surface area contributed by atoms with Crippen molar-refractivity contribution >= 4 is 55.3 Å². The molecule has 0 radical (unpaired) electrons. The third-order valence-electron chi connectivity index (χ3n) is 1.28. The summed E-state index contributed by atoms with van der Waals surface area (Å²) in [5.41, 5.74) is 1.12. The second kappa shape index (κ2) is 4.31. The van der Waals surface area contributed by atoms with E-state index in [1.165, 1.54) is 0 Å². The van der Waals surface area contributed by atoms with Gasteiger partial charge >= 0.3 is 0 Å². The molecule has 1 aromatic rings. The molecule has 0 atom stereocenters. The first-order valence-electron chi connectivity index (χ1n) is 3.09. The van der Waals surface area contributed by atoms with Gasteiger partial charge in [0.2, 0.25) is 3.79 Å². The Bertz CT molecular complexity index is 334. The standard InChI is InChI=1S/C8H4I2O2/c9-7-2-5(4-11)1-6(3-7)8(10)12/h1-4H. The van der Waals surface area contributed by atoms with E-state index in [9.17, 15) is 9.59 Å². The molecule has 0 unspecified atom stereocenters. The molecular weight excluding hydrogens is 382 g/mol. The number of hydrogen-bond acceptors (Lipinski definition) is 2. The van der Waals surface area contributed by atoms with Gasteiger partial charge in [0.25, 0.3) is 0 Å². The van der Waals surface area contributed by atoms with Crippen molar-refractivity contribution in [3.05, 3.63) is 32.9 Å². The van der Waals surface area contributed by atoms with Gasteiger partial charge in [-0.25, -0.2) is 0 Å². The van der Waals surface area contributed by atoms with Crippen molar-refractivity contribution in [2.75, 3.05) is 0 Å². The van der Waals surface area contributed by atoms with Crippen LogP contribution in [0.3, 0.4) is 0 Å². The Kier molecular flexibility index (Phi) is 3.63. The fourth-order valence-electron chi connectivity index (χ4n) is 0.794. The van der Waals surface area contributed by atoms with Crippen LogP contribution in [0.5, 0.6) is 0 Å². The zero-order valence-corrected chi connectivity index (χ0v) is 10.2. The fraction of sp³-hybridized carbons (Fsp3) is 0. The molecule has 2 nitrogen and oxygen atoms in total. The van der Waals surface area contributed by atoms with Gasteiger partial charge in [0.15, 0.2) is 0 Å². The van der Waals surface area contributed by atoms with Crippen LogP contribution >= 0.6 is 45.2 Å². The highest BCUT2D eigenvalue weighted by molar-refractivity contribution is 14.1. The first-order valence-corrected chi connectivity index (χ1v) is 5.25. The van der Waals surface area contributed by atoms with Crippen LogP contribution < -0.4 is 0 Å². The van der Waals surface area contributed by atoms with Crippen LogP contribution in [-0.2, 0) is 0 Å². The quantitative estimate of drug-likeness (QED) is 0.445. The second-order valence-electron chi connectivity index (χ2n) is 2.16. The smallest absolute Gasteiger partial charge is 0.222 e. The summed E-state index contributed by atoms with van der Waals surface area (Å²) in [7, 11) is 0. The number of halogens is 2. The summed E-state index contributed by atoms with van der Waals surface area (Å²) < 4.78 is 0.853. The van der Waals surface area contributed by atoms with E-state index in [0.29, 0.717) is 11.1 Å². The van der Waals surface area contributed by atoms with E-state index in [2.05, 4.69) is 22.6 Å². The summed E-state index contributed by atoms with van der Waals surface area (Å²) in [4.78, 5) is 21.3. The molecule has 4 heteroatoms. The van der Waals surface area contributed by atoms with Crippen LogP contribution in [0.1, 0.15) is 20.7 Å². The highest BCUT2D eigenvalue weighted by atomic mass is 127. The van der Waals surface area contributed by atoms with Gasteiger partial charge in [-0.3, -0.25) is 9.59 Å². The molecule has 0 fully saturated rings. The Morgan fingerprint density at radius 2 is 2.00 bits per heavy atom. The Morgan fingerprint density at radius 3 is 2.50 bits per heavy atom. The van der Waals surface area contributed by atoms with Gasteiger partial charge < -0.3 is 0 Å². The van der Waals surface area contributed by atoms with Crippen molar-refractivity contribution in [2.24, 2.45) is 0 Å². The van der Waals surface area contributed by atoms with Crippen molar-refractivity contribution in [1.82, 2.24) is 0 Å². The molecule has 0 aliphatic heterocycles. The molecule has 0 saturated carbocycles. The van der Waals surface area contributed by atoms with E-state index in [1.54, 1.807) is 40.8 Å². The van der Waals surface area contributed by atoms with Crippen LogP contribution in [0.25, 0.3) is 0 Å². The average Bonchev–Trinajstić information content (AvgIpc) is 2.03. The first-order chi connectivity index (χ1) is 5.63. The summed E-state index contributed by atoms with van der Waals surface area (Å²) >= 11 is 3.77. The summed E-state index contributed by atoms with van der Waals surface area (Å²) in [6.07, 6.45) is 0.741. The predicted molar refractivity (Wildman–Crippen MR) is 62.9 cm³/mol. The van der Waals surface area contributed by atoms with E-state index >= 15 is 0 Å².